The SMILES string of the molecule is CN(C)CCNC(=O)c1cnc(Nc2cccc(Cl)c2)nc1. The van der Waals surface area contributed by atoms with Crippen molar-refractivity contribution in [3.8, 4) is 0 Å². The first-order valence-electron chi connectivity index (χ1n) is 6.82. The predicted octanol–water partition coefficient (Wildman–Crippen LogP) is 2.17. The van der Waals surface area contributed by atoms with Crippen LogP contribution >= 0.6 is 11.6 Å². The highest BCUT2D eigenvalue weighted by Gasteiger charge is 2.07. The Kier molecular flexibility index (Phi) is 5.68. The third-order valence-corrected chi connectivity index (χ3v) is 3.07. The van der Waals surface area contributed by atoms with E-state index in [-0.39, 0.29) is 5.91 Å². The zero-order valence-corrected chi connectivity index (χ0v) is 13.3. The Hall–Kier alpha value is -2.18. The predicted molar refractivity (Wildman–Crippen MR) is 87.7 cm³/mol. The Morgan fingerprint density at radius 2 is 2.00 bits per heavy atom. The first-order valence-corrected chi connectivity index (χ1v) is 7.20. The highest BCUT2D eigenvalue weighted by molar-refractivity contribution is 6.30. The Morgan fingerprint density at radius 1 is 1.27 bits per heavy atom. The van der Waals surface area contributed by atoms with E-state index in [0.717, 1.165) is 12.2 Å². The molecule has 0 atom stereocenters. The third-order valence-electron chi connectivity index (χ3n) is 2.84. The van der Waals surface area contributed by atoms with Gasteiger partial charge in [0.1, 0.15) is 0 Å². The Balaban J connectivity index is 1.93. The minimum absolute atomic E-state index is 0.184. The molecule has 0 fully saturated rings. The molecule has 1 aromatic heterocycles. The average molecular weight is 320 g/mol. The first kappa shape index (κ1) is 16.2. The van der Waals surface area contributed by atoms with Crippen LogP contribution in [0.1, 0.15) is 10.4 Å². The van der Waals surface area contributed by atoms with Gasteiger partial charge in [0.05, 0.1) is 5.56 Å². The normalized spacial score (nSPS) is 10.5. The van der Waals surface area contributed by atoms with E-state index in [9.17, 15) is 4.79 Å². The van der Waals surface area contributed by atoms with Gasteiger partial charge in [-0.2, -0.15) is 0 Å². The van der Waals surface area contributed by atoms with Crippen molar-refractivity contribution in [3.05, 3.63) is 47.2 Å². The molecular weight excluding hydrogens is 302 g/mol. The van der Waals surface area contributed by atoms with E-state index in [2.05, 4.69) is 20.6 Å². The molecule has 2 rings (SSSR count). The minimum atomic E-state index is -0.184. The van der Waals surface area contributed by atoms with Gasteiger partial charge in [-0.25, -0.2) is 9.97 Å². The van der Waals surface area contributed by atoms with Gasteiger partial charge >= 0.3 is 0 Å². The molecule has 1 aromatic carbocycles. The molecule has 0 saturated carbocycles. The number of aromatic nitrogens is 2. The molecular formula is C15H18ClN5O. The highest BCUT2D eigenvalue weighted by Crippen LogP contribution is 2.17. The lowest BCUT2D eigenvalue weighted by Crippen LogP contribution is -2.31. The van der Waals surface area contributed by atoms with Crippen LogP contribution in [0.15, 0.2) is 36.7 Å². The van der Waals surface area contributed by atoms with Crippen molar-refractivity contribution in [2.45, 2.75) is 0 Å². The van der Waals surface area contributed by atoms with Gasteiger partial charge in [-0.1, -0.05) is 17.7 Å². The van der Waals surface area contributed by atoms with Gasteiger partial charge in [0.15, 0.2) is 0 Å². The molecule has 2 aromatic rings. The summed E-state index contributed by atoms with van der Waals surface area (Å²) in [6.07, 6.45) is 2.98. The molecule has 0 aliphatic rings. The molecule has 6 nitrogen and oxygen atoms in total. The van der Waals surface area contributed by atoms with Crippen LogP contribution in [0.25, 0.3) is 0 Å². The molecule has 116 valence electrons. The second-order valence-corrected chi connectivity index (χ2v) is 5.43. The molecule has 22 heavy (non-hydrogen) atoms. The number of anilines is 2. The maximum absolute atomic E-state index is 11.9. The van der Waals surface area contributed by atoms with Crippen molar-refractivity contribution >= 4 is 29.1 Å². The quantitative estimate of drug-likeness (QED) is 0.854. The van der Waals surface area contributed by atoms with Crippen LogP contribution in [0.4, 0.5) is 11.6 Å². The second-order valence-electron chi connectivity index (χ2n) is 4.99. The summed E-state index contributed by atoms with van der Waals surface area (Å²) in [5.74, 6) is 0.225. The van der Waals surface area contributed by atoms with E-state index in [0.29, 0.717) is 23.1 Å². The maximum Gasteiger partial charge on any atom is 0.254 e. The maximum atomic E-state index is 11.9. The summed E-state index contributed by atoms with van der Waals surface area (Å²) in [5, 5.41) is 6.46. The van der Waals surface area contributed by atoms with Gasteiger partial charge in [0.2, 0.25) is 5.95 Å². The topological polar surface area (TPSA) is 70.2 Å². The first-order chi connectivity index (χ1) is 10.5. The van der Waals surface area contributed by atoms with Crippen LogP contribution < -0.4 is 10.6 Å². The van der Waals surface area contributed by atoms with Gasteiger partial charge < -0.3 is 15.5 Å². The summed E-state index contributed by atoms with van der Waals surface area (Å²) in [5.41, 5.74) is 1.21. The number of carbonyl (C=O) groups is 1. The van der Waals surface area contributed by atoms with Crippen LogP contribution in [0, 0.1) is 0 Å². The Morgan fingerprint density at radius 3 is 2.64 bits per heavy atom. The number of benzene rings is 1. The second kappa shape index (κ2) is 7.72. The van der Waals surface area contributed by atoms with Gasteiger partial charge in [-0.3, -0.25) is 4.79 Å². The molecule has 0 unspecified atom stereocenters. The summed E-state index contributed by atoms with van der Waals surface area (Å²) >= 11 is 5.91. The van der Waals surface area contributed by atoms with Crippen LogP contribution in [0.2, 0.25) is 5.02 Å². The Labute approximate surface area is 134 Å². The van der Waals surface area contributed by atoms with Crippen molar-refractivity contribution in [3.63, 3.8) is 0 Å². The van der Waals surface area contributed by atoms with Crippen LogP contribution in [0.3, 0.4) is 0 Å². The average Bonchev–Trinajstić information content (AvgIpc) is 2.47. The molecule has 0 radical (unpaired) electrons. The number of hydrogen-bond donors (Lipinski definition) is 2. The fourth-order valence-electron chi connectivity index (χ4n) is 1.70. The standard InChI is InChI=1S/C15H18ClN5O/c1-21(2)7-6-17-14(22)11-9-18-15(19-10-11)20-13-5-3-4-12(16)8-13/h3-5,8-10H,6-7H2,1-2H3,(H,17,22)(H,18,19,20). The molecule has 0 aliphatic carbocycles. The lowest BCUT2D eigenvalue weighted by Gasteiger charge is -2.10. The van der Waals surface area contributed by atoms with Crippen molar-refractivity contribution in [1.29, 1.82) is 0 Å². The van der Waals surface area contributed by atoms with E-state index in [1.165, 1.54) is 12.4 Å². The molecule has 0 saturated heterocycles. The smallest absolute Gasteiger partial charge is 0.254 e. The fourth-order valence-corrected chi connectivity index (χ4v) is 1.89. The molecule has 2 N–H and O–H groups in total. The molecule has 0 aliphatic heterocycles. The molecule has 7 heteroatoms. The summed E-state index contributed by atoms with van der Waals surface area (Å²) < 4.78 is 0. The van der Waals surface area contributed by atoms with Crippen LogP contribution in [0.5, 0.6) is 0 Å². The van der Waals surface area contributed by atoms with Crippen LogP contribution in [-0.4, -0.2) is 48.0 Å². The summed E-state index contributed by atoms with van der Waals surface area (Å²) in [7, 11) is 3.90. The lowest BCUT2D eigenvalue weighted by molar-refractivity contribution is 0.0950. The number of rotatable bonds is 6. The van der Waals surface area contributed by atoms with Crippen molar-refractivity contribution in [1.82, 2.24) is 20.2 Å². The van der Waals surface area contributed by atoms with Crippen molar-refractivity contribution in [2.24, 2.45) is 0 Å². The van der Waals surface area contributed by atoms with Crippen molar-refractivity contribution in [2.75, 3.05) is 32.5 Å². The highest BCUT2D eigenvalue weighted by atomic mass is 35.5. The number of nitrogens with zero attached hydrogens (tertiary/aromatic N) is 3. The van der Waals surface area contributed by atoms with Gasteiger partial charge in [0, 0.05) is 36.2 Å². The summed E-state index contributed by atoms with van der Waals surface area (Å²) in [4.78, 5) is 22.2. The van der Waals surface area contributed by atoms with E-state index in [1.54, 1.807) is 12.1 Å². The van der Waals surface area contributed by atoms with E-state index >= 15 is 0 Å². The zero-order valence-electron chi connectivity index (χ0n) is 12.5. The summed E-state index contributed by atoms with van der Waals surface area (Å²) in [6, 6.07) is 7.25. The van der Waals surface area contributed by atoms with Crippen molar-refractivity contribution < 1.29 is 4.79 Å². The number of amides is 1. The molecule has 0 bridgehead atoms. The van der Waals surface area contributed by atoms with E-state index < -0.39 is 0 Å². The number of hydrogen-bond acceptors (Lipinski definition) is 5. The fraction of sp³-hybridized carbons (Fsp3) is 0.267. The van der Waals surface area contributed by atoms with Crippen LogP contribution in [-0.2, 0) is 0 Å². The van der Waals surface area contributed by atoms with E-state index in [4.69, 9.17) is 11.6 Å². The number of nitrogens with one attached hydrogen (secondary N) is 2. The number of likely N-dealkylation sites (N-methyl/N-ethyl adjacent to an activating group) is 1. The van der Waals surface area contributed by atoms with Gasteiger partial charge in [-0.05, 0) is 32.3 Å². The van der Waals surface area contributed by atoms with E-state index in [1.807, 2.05) is 31.1 Å². The van der Waals surface area contributed by atoms with Gasteiger partial charge in [-0.15, -0.1) is 0 Å². The third kappa shape index (κ3) is 4.98. The largest absolute Gasteiger partial charge is 0.351 e. The monoisotopic (exact) mass is 319 g/mol. The Bertz CT molecular complexity index is 630. The van der Waals surface area contributed by atoms with Gasteiger partial charge in [0.25, 0.3) is 5.91 Å². The molecule has 0 spiro atoms. The minimum Gasteiger partial charge on any atom is -0.351 e. The number of halogens is 1. The zero-order chi connectivity index (χ0) is 15.9. The lowest BCUT2D eigenvalue weighted by atomic mass is 10.3. The summed E-state index contributed by atoms with van der Waals surface area (Å²) in [6.45, 7) is 1.36. The molecule has 1 amide bonds. The molecule has 1 heterocycles. The number of carbonyl (C=O) groups excluding carboxylic acids is 1.